The number of ether oxygens (including phenoxy) is 2. The van der Waals surface area contributed by atoms with Gasteiger partial charge in [0.1, 0.15) is 6.10 Å². The van der Waals surface area contributed by atoms with Crippen LogP contribution in [0.25, 0.3) is 0 Å². The summed E-state index contributed by atoms with van der Waals surface area (Å²) in [5.74, 6) is -0.401. The predicted octanol–water partition coefficient (Wildman–Crippen LogP) is 2.39. The molecule has 1 rings (SSSR count). The summed E-state index contributed by atoms with van der Waals surface area (Å²) >= 11 is 0. The Morgan fingerprint density at radius 2 is 2.00 bits per heavy atom. The van der Waals surface area contributed by atoms with E-state index in [2.05, 4.69) is 12.2 Å². The largest absolute Gasteiger partial charge is 0.464 e. The van der Waals surface area contributed by atoms with Crippen LogP contribution < -0.4 is 5.32 Å². The molecule has 0 bridgehead atoms. The van der Waals surface area contributed by atoms with E-state index in [-0.39, 0.29) is 6.10 Å². The summed E-state index contributed by atoms with van der Waals surface area (Å²) in [5.41, 5.74) is 0. The summed E-state index contributed by atoms with van der Waals surface area (Å²) in [6.45, 7) is 4.23. The highest BCUT2D eigenvalue weighted by Gasteiger charge is 2.39. The molecule has 0 aromatic heterocycles. The zero-order valence-electron chi connectivity index (χ0n) is 11.2. The number of alkyl carbamates (subject to hydrolysis) is 1. The van der Waals surface area contributed by atoms with Gasteiger partial charge in [-0.25, -0.2) is 9.59 Å². The number of cyclic esters (lactones) is 1. The third-order valence-corrected chi connectivity index (χ3v) is 3.04. The van der Waals surface area contributed by atoms with Crippen molar-refractivity contribution in [2.24, 2.45) is 0 Å². The van der Waals surface area contributed by atoms with E-state index in [4.69, 9.17) is 9.47 Å². The number of hydrogen-bond donors (Lipinski definition) is 1. The standard InChI is InChI=1S/C13H23NO4/c1-3-5-6-7-8-9-10-11(12(15)17-4-2)14-13(16)18-10/h10-11H,3-9H2,1-2H3,(H,14,16). The molecule has 1 aliphatic heterocycles. The molecule has 0 radical (unpaired) electrons. The van der Waals surface area contributed by atoms with Crippen LogP contribution in [0.3, 0.4) is 0 Å². The van der Waals surface area contributed by atoms with Gasteiger partial charge in [0.15, 0.2) is 6.04 Å². The number of carbonyl (C=O) groups excluding carboxylic acids is 2. The molecule has 18 heavy (non-hydrogen) atoms. The minimum Gasteiger partial charge on any atom is -0.464 e. The molecule has 2 unspecified atom stereocenters. The zero-order valence-corrected chi connectivity index (χ0v) is 11.2. The Hall–Kier alpha value is -1.26. The van der Waals surface area contributed by atoms with Gasteiger partial charge in [-0.2, -0.15) is 0 Å². The molecule has 1 amide bonds. The molecule has 2 atom stereocenters. The molecule has 0 aromatic carbocycles. The highest BCUT2D eigenvalue weighted by Crippen LogP contribution is 2.18. The first kappa shape index (κ1) is 14.8. The Labute approximate surface area is 108 Å². The summed E-state index contributed by atoms with van der Waals surface area (Å²) in [5, 5.41) is 2.50. The van der Waals surface area contributed by atoms with Crippen molar-refractivity contribution in [1.29, 1.82) is 0 Å². The number of unbranched alkanes of at least 4 members (excludes halogenated alkanes) is 4. The van der Waals surface area contributed by atoms with Gasteiger partial charge in [-0.3, -0.25) is 0 Å². The normalized spacial score (nSPS) is 22.4. The monoisotopic (exact) mass is 257 g/mol. The van der Waals surface area contributed by atoms with Crippen LogP contribution in [0.15, 0.2) is 0 Å². The zero-order chi connectivity index (χ0) is 13.4. The molecular weight excluding hydrogens is 234 g/mol. The lowest BCUT2D eigenvalue weighted by molar-refractivity contribution is -0.146. The second-order valence-electron chi connectivity index (χ2n) is 4.52. The first-order valence-corrected chi connectivity index (χ1v) is 6.82. The fourth-order valence-corrected chi connectivity index (χ4v) is 2.08. The number of amides is 1. The van der Waals surface area contributed by atoms with Crippen molar-refractivity contribution in [2.75, 3.05) is 6.61 Å². The molecule has 1 saturated heterocycles. The summed E-state index contributed by atoms with van der Waals surface area (Å²) < 4.78 is 10.0. The van der Waals surface area contributed by atoms with E-state index in [1.165, 1.54) is 19.3 Å². The molecule has 1 aliphatic rings. The van der Waals surface area contributed by atoms with Gasteiger partial charge < -0.3 is 14.8 Å². The number of rotatable bonds is 8. The van der Waals surface area contributed by atoms with E-state index >= 15 is 0 Å². The molecule has 0 spiro atoms. The van der Waals surface area contributed by atoms with Crippen LogP contribution in [0.5, 0.6) is 0 Å². The van der Waals surface area contributed by atoms with E-state index < -0.39 is 18.1 Å². The molecule has 0 saturated carbocycles. The predicted molar refractivity (Wildman–Crippen MR) is 67.2 cm³/mol. The lowest BCUT2D eigenvalue weighted by atomic mass is 10.0. The van der Waals surface area contributed by atoms with Crippen LogP contribution in [0.2, 0.25) is 0 Å². The summed E-state index contributed by atoms with van der Waals surface area (Å²) in [6.07, 6.45) is 5.51. The van der Waals surface area contributed by atoms with Crippen molar-refractivity contribution < 1.29 is 19.1 Å². The van der Waals surface area contributed by atoms with E-state index in [1.54, 1.807) is 6.92 Å². The van der Waals surface area contributed by atoms with Gasteiger partial charge in [0.05, 0.1) is 6.61 Å². The van der Waals surface area contributed by atoms with Gasteiger partial charge in [0, 0.05) is 0 Å². The maximum Gasteiger partial charge on any atom is 0.408 e. The first-order valence-electron chi connectivity index (χ1n) is 6.82. The lowest BCUT2D eigenvalue weighted by Gasteiger charge is -2.15. The molecule has 1 N–H and O–H groups in total. The van der Waals surface area contributed by atoms with Crippen LogP contribution in [0.4, 0.5) is 4.79 Å². The Balaban J connectivity index is 2.32. The van der Waals surface area contributed by atoms with E-state index in [9.17, 15) is 9.59 Å². The third-order valence-electron chi connectivity index (χ3n) is 3.04. The Morgan fingerprint density at radius 3 is 2.67 bits per heavy atom. The van der Waals surface area contributed by atoms with Gasteiger partial charge in [0.25, 0.3) is 0 Å². The van der Waals surface area contributed by atoms with Crippen LogP contribution in [0, 0.1) is 0 Å². The van der Waals surface area contributed by atoms with Gasteiger partial charge >= 0.3 is 12.1 Å². The van der Waals surface area contributed by atoms with Gasteiger partial charge in [-0.05, 0) is 19.8 Å². The van der Waals surface area contributed by atoms with Crippen molar-refractivity contribution in [2.45, 2.75) is 64.5 Å². The molecule has 0 aromatic rings. The SMILES string of the molecule is CCCCCCCC1OC(=O)NC1C(=O)OCC. The fraction of sp³-hybridized carbons (Fsp3) is 0.846. The molecule has 5 heteroatoms. The van der Waals surface area contributed by atoms with Gasteiger partial charge in [-0.15, -0.1) is 0 Å². The van der Waals surface area contributed by atoms with E-state index in [1.807, 2.05) is 0 Å². The van der Waals surface area contributed by atoms with Crippen LogP contribution in [0.1, 0.15) is 52.4 Å². The van der Waals surface area contributed by atoms with Gasteiger partial charge in [0.2, 0.25) is 0 Å². The highest BCUT2D eigenvalue weighted by atomic mass is 16.6. The van der Waals surface area contributed by atoms with Crippen LogP contribution >= 0.6 is 0 Å². The number of nitrogens with one attached hydrogen (secondary N) is 1. The second kappa shape index (κ2) is 7.95. The minimum atomic E-state index is -0.636. The molecule has 5 nitrogen and oxygen atoms in total. The third kappa shape index (κ3) is 4.55. The van der Waals surface area contributed by atoms with E-state index in [0.29, 0.717) is 13.0 Å². The van der Waals surface area contributed by atoms with Crippen molar-refractivity contribution in [3.63, 3.8) is 0 Å². The maximum atomic E-state index is 11.6. The minimum absolute atomic E-state index is 0.314. The Morgan fingerprint density at radius 1 is 1.28 bits per heavy atom. The highest BCUT2D eigenvalue weighted by molar-refractivity contribution is 5.84. The number of carbonyl (C=O) groups is 2. The summed E-state index contributed by atoms with van der Waals surface area (Å²) in [4.78, 5) is 22.8. The van der Waals surface area contributed by atoms with Gasteiger partial charge in [-0.1, -0.05) is 32.6 Å². The Bertz CT molecular complexity index is 280. The molecule has 0 aliphatic carbocycles. The Kier molecular flexibility index (Phi) is 6.54. The van der Waals surface area contributed by atoms with Crippen molar-refractivity contribution >= 4 is 12.1 Å². The van der Waals surface area contributed by atoms with Crippen LogP contribution in [-0.4, -0.2) is 30.8 Å². The smallest absolute Gasteiger partial charge is 0.408 e. The summed E-state index contributed by atoms with van der Waals surface area (Å²) in [7, 11) is 0. The molecule has 104 valence electrons. The first-order chi connectivity index (χ1) is 8.69. The fourth-order valence-electron chi connectivity index (χ4n) is 2.08. The van der Waals surface area contributed by atoms with Crippen LogP contribution in [-0.2, 0) is 14.3 Å². The maximum absolute atomic E-state index is 11.6. The van der Waals surface area contributed by atoms with Crippen molar-refractivity contribution in [3.8, 4) is 0 Å². The molecular formula is C13H23NO4. The van der Waals surface area contributed by atoms with E-state index in [0.717, 1.165) is 12.8 Å². The summed E-state index contributed by atoms with van der Waals surface area (Å²) in [6, 6.07) is -0.636. The van der Waals surface area contributed by atoms with Crippen molar-refractivity contribution in [1.82, 2.24) is 5.32 Å². The molecule has 1 fully saturated rings. The topological polar surface area (TPSA) is 64.6 Å². The second-order valence-corrected chi connectivity index (χ2v) is 4.52. The average molecular weight is 257 g/mol. The molecule has 1 heterocycles. The number of esters is 1. The number of hydrogen-bond acceptors (Lipinski definition) is 4. The van der Waals surface area contributed by atoms with Crippen molar-refractivity contribution in [3.05, 3.63) is 0 Å². The quantitative estimate of drug-likeness (QED) is 0.535. The average Bonchev–Trinajstić information content (AvgIpc) is 2.71. The lowest BCUT2D eigenvalue weighted by Crippen LogP contribution is -2.40.